The molecule has 4 aromatic carbocycles. The maximum atomic E-state index is 12.6. The molecule has 0 atom stereocenters. The number of hydrogen-bond donors (Lipinski definition) is 1. The normalized spacial score (nSPS) is 12.0. The Morgan fingerprint density at radius 1 is 0.886 bits per heavy atom. The lowest BCUT2D eigenvalue weighted by Crippen LogP contribution is -2.25. The van der Waals surface area contributed by atoms with Crippen LogP contribution in [0.5, 0.6) is 0 Å². The molecule has 174 valence electrons. The Morgan fingerprint density at radius 3 is 2.26 bits per heavy atom. The van der Waals surface area contributed by atoms with Crippen LogP contribution in [0.1, 0.15) is 38.5 Å². The molecular formula is C30H25NO3S. The fourth-order valence-corrected chi connectivity index (χ4v) is 5.55. The van der Waals surface area contributed by atoms with Crippen molar-refractivity contribution in [3.05, 3.63) is 119 Å². The van der Waals surface area contributed by atoms with Crippen LogP contribution < -0.4 is 5.32 Å². The van der Waals surface area contributed by atoms with Gasteiger partial charge in [-0.05, 0) is 52.9 Å². The molecule has 0 radical (unpaired) electrons. The molecule has 0 spiro atoms. The number of ether oxygens (including phenoxy) is 1. The molecule has 0 heterocycles. The molecule has 1 amide bonds. The minimum Gasteiger partial charge on any atom is -0.449 e. The average Bonchev–Trinajstić information content (AvgIpc) is 3.21. The van der Waals surface area contributed by atoms with Crippen molar-refractivity contribution in [3.63, 3.8) is 0 Å². The first-order valence-corrected chi connectivity index (χ1v) is 12.4. The maximum Gasteiger partial charge on any atom is 0.407 e. The second-order valence-electron chi connectivity index (χ2n) is 8.55. The van der Waals surface area contributed by atoms with Gasteiger partial charge in [0.15, 0.2) is 6.29 Å². The summed E-state index contributed by atoms with van der Waals surface area (Å²) in [5.74, 6) is 0.0271. The van der Waals surface area contributed by atoms with E-state index in [0.29, 0.717) is 12.1 Å². The number of benzene rings is 4. The predicted octanol–water partition coefficient (Wildman–Crippen LogP) is 7.00. The largest absolute Gasteiger partial charge is 0.449 e. The average molecular weight is 480 g/mol. The van der Waals surface area contributed by atoms with Crippen LogP contribution in [-0.4, -0.2) is 19.0 Å². The molecule has 0 bridgehead atoms. The molecule has 35 heavy (non-hydrogen) atoms. The highest BCUT2D eigenvalue weighted by Crippen LogP contribution is 2.44. The summed E-state index contributed by atoms with van der Waals surface area (Å²) in [5, 5.41) is 2.89. The number of aldehydes is 1. The van der Waals surface area contributed by atoms with Gasteiger partial charge >= 0.3 is 6.09 Å². The van der Waals surface area contributed by atoms with E-state index in [1.54, 1.807) is 0 Å². The zero-order valence-corrected chi connectivity index (χ0v) is 20.2. The molecule has 0 saturated carbocycles. The lowest BCUT2D eigenvalue weighted by Gasteiger charge is -2.15. The summed E-state index contributed by atoms with van der Waals surface area (Å²) < 4.78 is 5.67. The molecule has 4 aromatic rings. The molecule has 0 unspecified atom stereocenters. The maximum absolute atomic E-state index is 12.6. The third kappa shape index (κ3) is 4.86. The minimum absolute atomic E-state index is 0.0271. The molecule has 0 aromatic heterocycles. The number of rotatable bonds is 7. The van der Waals surface area contributed by atoms with Gasteiger partial charge in [0.2, 0.25) is 0 Å². The Kier molecular flexibility index (Phi) is 6.68. The molecule has 1 aliphatic rings. The number of carbonyl (C=O) groups excluding carboxylic acids is 2. The number of aryl methyl sites for hydroxylation is 1. The van der Waals surface area contributed by atoms with Crippen LogP contribution >= 0.6 is 11.8 Å². The Balaban J connectivity index is 1.24. The number of hydrogen-bond acceptors (Lipinski definition) is 4. The zero-order valence-electron chi connectivity index (χ0n) is 19.4. The van der Waals surface area contributed by atoms with Crippen LogP contribution in [0.15, 0.2) is 101 Å². The van der Waals surface area contributed by atoms with E-state index in [9.17, 15) is 9.59 Å². The van der Waals surface area contributed by atoms with Crippen molar-refractivity contribution < 1.29 is 14.3 Å². The van der Waals surface area contributed by atoms with Crippen molar-refractivity contribution in [1.82, 2.24) is 5.32 Å². The van der Waals surface area contributed by atoms with Gasteiger partial charge in [-0.1, -0.05) is 90.1 Å². The van der Waals surface area contributed by atoms with Crippen LogP contribution in [0, 0.1) is 6.92 Å². The van der Waals surface area contributed by atoms with Crippen molar-refractivity contribution in [1.29, 1.82) is 0 Å². The molecule has 4 nitrogen and oxygen atoms in total. The molecule has 0 saturated heterocycles. The van der Waals surface area contributed by atoms with Crippen molar-refractivity contribution in [2.75, 3.05) is 6.61 Å². The molecule has 1 N–H and O–H groups in total. The molecule has 5 heteroatoms. The van der Waals surface area contributed by atoms with Crippen molar-refractivity contribution in [2.24, 2.45) is 0 Å². The van der Waals surface area contributed by atoms with Gasteiger partial charge in [0.25, 0.3) is 0 Å². The van der Waals surface area contributed by atoms with Gasteiger partial charge in [-0.3, -0.25) is 4.79 Å². The standard InChI is InChI=1S/C30H25NO3S/c1-20-14-15-29(22(16-20)18-32)35-28-13-7-2-8-21(28)17-31-30(33)34-19-27-25-11-5-3-9-23(25)24-10-4-6-12-26(24)27/h2-16,18,27H,17,19H2,1H3,(H,31,33). The number of carbonyl (C=O) groups is 2. The molecule has 1 aliphatic carbocycles. The van der Waals surface area contributed by atoms with Crippen LogP contribution in [0.4, 0.5) is 4.79 Å². The number of nitrogens with one attached hydrogen (secondary N) is 1. The van der Waals surface area contributed by atoms with Crippen molar-refractivity contribution in [2.45, 2.75) is 29.2 Å². The van der Waals surface area contributed by atoms with Crippen LogP contribution in [0.3, 0.4) is 0 Å². The second-order valence-corrected chi connectivity index (χ2v) is 9.63. The van der Waals surface area contributed by atoms with Crippen molar-refractivity contribution in [3.8, 4) is 11.1 Å². The number of fused-ring (bicyclic) bond motifs is 3. The van der Waals surface area contributed by atoms with E-state index >= 15 is 0 Å². The fourth-order valence-electron chi connectivity index (χ4n) is 4.54. The van der Waals surface area contributed by atoms with E-state index < -0.39 is 6.09 Å². The number of amides is 1. The monoisotopic (exact) mass is 479 g/mol. The molecular weight excluding hydrogens is 454 g/mol. The Bertz CT molecular complexity index is 1350. The predicted molar refractivity (Wildman–Crippen MR) is 139 cm³/mol. The summed E-state index contributed by atoms with van der Waals surface area (Å²) in [5.41, 5.74) is 7.45. The Labute approximate surface area is 209 Å². The van der Waals surface area contributed by atoms with Gasteiger partial charge in [0.1, 0.15) is 6.61 Å². The smallest absolute Gasteiger partial charge is 0.407 e. The van der Waals surface area contributed by atoms with E-state index in [4.69, 9.17) is 4.74 Å². The third-order valence-corrected chi connectivity index (χ3v) is 7.46. The van der Waals surface area contributed by atoms with E-state index in [1.165, 1.54) is 34.0 Å². The van der Waals surface area contributed by atoms with Crippen LogP contribution in [0.25, 0.3) is 11.1 Å². The third-order valence-electron chi connectivity index (χ3n) is 6.25. The van der Waals surface area contributed by atoms with Gasteiger partial charge in [-0.25, -0.2) is 4.79 Å². The van der Waals surface area contributed by atoms with Gasteiger partial charge < -0.3 is 10.1 Å². The van der Waals surface area contributed by atoms with Crippen LogP contribution in [-0.2, 0) is 11.3 Å². The zero-order chi connectivity index (χ0) is 24.2. The highest BCUT2D eigenvalue weighted by molar-refractivity contribution is 7.99. The first-order chi connectivity index (χ1) is 17.1. The molecule has 5 rings (SSSR count). The molecule has 0 fully saturated rings. The highest BCUT2D eigenvalue weighted by atomic mass is 32.2. The minimum atomic E-state index is -0.449. The lowest BCUT2D eigenvalue weighted by atomic mass is 9.98. The van der Waals surface area contributed by atoms with Gasteiger partial charge in [0.05, 0.1) is 0 Å². The summed E-state index contributed by atoms with van der Waals surface area (Å²) in [6.07, 6.45) is 0.433. The quantitative estimate of drug-likeness (QED) is 0.290. The van der Waals surface area contributed by atoms with E-state index in [2.05, 4.69) is 29.6 Å². The lowest BCUT2D eigenvalue weighted by molar-refractivity contribution is 0.112. The summed E-state index contributed by atoms with van der Waals surface area (Å²) in [6, 6.07) is 30.3. The summed E-state index contributed by atoms with van der Waals surface area (Å²) in [6.45, 7) is 2.58. The van der Waals surface area contributed by atoms with E-state index in [0.717, 1.165) is 27.2 Å². The summed E-state index contributed by atoms with van der Waals surface area (Å²) in [7, 11) is 0. The summed E-state index contributed by atoms with van der Waals surface area (Å²) >= 11 is 1.52. The SMILES string of the molecule is Cc1ccc(Sc2ccccc2CNC(=O)OCC2c3ccccc3-c3ccccc32)c(C=O)c1. The van der Waals surface area contributed by atoms with Crippen molar-refractivity contribution >= 4 is 24.1 Å². The Morgan fingerprint density at radius 2 is 1.54 bits per heavy atom. The molecule has 0 aliphatic heterocycles. The Hall–Kier alpha value is -3.83. The fraction of sp³-hybridized carbons (Fsp3) is 0.133. The number of alkyl carbamates (subject to hydrolysis) is 1. The first-order valence-electron chi connectivity index (χ1n) is 11.5. The second kappa shape index (κ2) is 10.2. The van der Waals surface area contributed by atoms with Crippen LogP contribution in [0.2, 0.25) is 0 Å². The van der Waals surface area contributed by atoms with E-state index in [1.807, 2.05) is 73.7 Å². The topological polar surface area (TPSA) is 55.4 Å². The first kappa shape index (κ1) is 22.9. The van der Waals surface area contributed by atoms with E-state index in [-0.39, 0.29) is 12.5 Å². The van der Waals surface area contributed by atoms with Gasteiger partial charge in [-0.15, -0.1) is 0 Å². The summed E-state index contributed by atoms with van der Waals surface area (Å²) in [4.78, 5) is 26.0. The van der Waals surface area contributed by atoms with Gasteiger partial charge in [-0.2, -0.15) is 0 Å². The van der Waals surface area contributed by atoms with Gasteiger partial charge in [0, 0.05) is 27.8 Å². The highest BCUT2D eigenvalue weighted by Gasteiger charge is 2.29.